The maximum Gasteiger partial charge on any atom is 0.225 e. The SMILES string of the molecule is O=C(NCCN1CCN(C(=O)C2CC2)CC1)C1CC1. The molecule has 1 heterocycles. The maximum absolute atomic E-state index is 11.9. The third-order valence-corrected chi connectivity index (χ3v) is 4.29. The van der Waals surface area contributed by atoms with Gasteiger partial charge < -0.3 is 10.2 Å². The van der Waals surface area contributed by atoms with Crippen molar-refractivity contribution in [2.75, 3.05) is 39.3 Å². The Balaban J connectivity index is 1.31. The van der Waals surface area contributed by atoms with Crippen LogP contribution in [0.1, 0.15) is 25.7 Å². The first-order valence-corrected chi connectivity index (χ1v) is 7.53. The van der Waals surface area contributed by atoms with Crippen LogP contribution >= 0.6 is 0 Å². The highest BCUT2D eigenvalue weighted by Gasteiger charge is 2.34. The van der Waals surface area contributed by atoms with Gasteiger partial charge in [-0.25, -0.2) is 0 Å². The second-order valence-corrected chi connectivity index (χ2v) is 6.01. The predicted octanol–water partition coefficient (Wildman–Crippen LogP) is 0.0668. The lowest BCUT2D eigenvalue weighted by Crippen LogP contribution is -2.50. The minimum atomic E-state index is 0.225. The maximum atomic E-state index is 11.9. The Bertz CT molecular complexity index is 353. The van der Waals surface area contributed by atoms with Gasteiger partial charge in [-0.05, 0) is 25.7 Å². The number of hydrogen-bond donors (Lipinski definition) is 1. The average Bonchev–Trinajstić information content (AvgIpc) is 3.31. The molecule has 0 spiro atoms. The van der Waals surface area contributed by atoms with Gasteiger partial charge in [0.2, 0.25) is 11.8 Å². The van der Waals surface area contributed by atoms with Gasteiger partial charge in [-0.1, -0.05) is 0 Å². The van der Waals surface area contributed by atoms with Crippen LogP contribution in [0.15, 0.2) is 0 Å². The fraction of sp³-hybridized carbons (Fsp3) is 0.857. The summed E-state index contributed by atoms with van der Waals surface area (Å²) in [5.74, 6) is 1.22. The van der Waals surface area contributed by atoms with Crippen LogP contribution < -0.4 is 5.32 Å². The Kier molecular flexibility index (Phi) is 3.73. The van der Waals surface area contributed by atoms with E-state index >= 15 is 0 Å². The normalized spacial score (nSPS) is 24.3. The van der Waals surface area contributed by atoms with E-state index in [1.165, 1.54) is 0 Å². The van der Waals surface area contributed by atoms with E-state index in [-0.39, 0.29) is 5.91 Å². The molecule has 19 heavy (non-hydrogen) atoms. The molecule has 0 aromatic rings. The van der Waals surface area contributed by atoms with Crippen molar-refractivity contribution >= 4 is 11.8 Å². The summed E-state index contributed by atoms with van der Waals surface area (Å²) in [6.45, 7) is 5.24. The second-order valence-electron chi connectivity index (χ2n) is 6.01. The molecular formula is C14H23N3O2. The van der Waals surface area contributed by atoms with Gasteiger partial charge in [0.1, 0.15) is 0 Å². The van der Waals surface area contributed by atoms with Crippen LogP contribution in [0.2, 0.25) is 0 Å². The fourth-order valence-electron chi connectivity index (χ4n) is 2.61. The van der Waals surface area contributed by atoms with Crippen LogP contribution in [-0.2, 0) is 9.59 Å². The van der Waals surface area contributed by atoms with Crippen molar-refractivity contribution in [3.63, 3.8) is 0 Å². The number of carbonyl (C=O) groups is 2. The summed E-state index contributed by atoms with van der Waals surface area (Å²) in [7, 11) is 0. The monoisotopic (exact) mass is 265 g/mol. The number of nitrogens with zero attached hydrogens (tertiary/aromatic N) is 2. The third-order valence-electron chi connectivity index (χ3n) is 4.29. The van der Waals surface area contributed by atoms with Crippen LogP contribution in [0.4, 0.5) is 0 Å². The third kappa shape index (κ3) is 3.47. The van der Waals surface area contributed by atoms with Crippen LogP contribution in [0, 0.1) is 11.8 Å². The number of nitrogens with one attached hydrogen (secondary N) is 1. The van der Waals surface area contributed by atoms with E-state index in [4.69, 9.17) is 0 Å². The van der Waals surface area contributed by atoms with Crippen molar-refractivity contribution in [2.24, 2.45) is 11.8 Å². The van der Waals surface area contributed by atoms with Crippen molar-refractivity contribution < 1.29 is 9.59 Å². The molecule has 106 valence electrons. The molecule has 3 fully saturated rings. The summed E-state index contributed by atoms with van der Waals surface area (Å²) >= 11 is 0. The lowest BCUT2D eigenvalue weighted by atomic mass is 10.2. The Labute approximate surface area is 114 Å². The zero-order valence-corrected chi connectivity index (χ0v) is 11.4. The molecule has 1 aliphatic heterocycles. The van der Waals surface area contributed by atoms with Crippen LogP contribution in [0.25, 0.3) is 0 Å². The summed E-state index contributed by atoms with van der Waals surface area (Å²) in [4.78, 5) is 27.7. The van der Waals surface area contributed by atoms with E-state index < -0.39 is 0 Å². The van der Waals surface area contributed by atoms with E-state index in [1.807, 2.05) is 4.90 Å². The van der Waals surface area contributed by atoms with Crippen LogP contribution in [0.3, 0.4) is 0 Å². The number of carbonyl (C=O) groups excluding carboxylic acids is 2. The second kappa shape index (κ2) is 5.49. The molecule has 0 atom stereocenters. The van der Waals surface area contributed by atoms with E-state index in [0.29, 0.717) is 17.7 Å². The Hall–Kier alpha value is -1.10. The molecule has 0 unspecified atom stereocenters. The Morgan fingerprint density at radius 1 is 0.947 bits per heavy atom. The van der Waals surface area contributed by atoms with Gasteiger partial charge in [0.25, 0.3) is 0 Å². The molecule has 5 heteroatoms. The number of rotatable bonds is 5. The molecule has 2 aliphatic carbocycles. The van der Waals surface area contributed by atoms with Gasteiger partial charge >= 0.3 is 0 Å². The van der Waals surface area contributed by atoms with Gasteiger partial charge in [0, 0.05) is 51.1 Å². The Morgan fingerprint density at radius 3 is 2.16 bits per heavy atom. The number of hydrogen-bond acceptors (Lipinski definition) is 3. The topological polar surface area (TPSA) is 52.7 Å². The van der Waals surface area contributed by atoms with Crippen molar-refractivity contribution in [2.45, 2.75) is 25.7 Å². The predicted molar refractivity (Wildman–Crippen MR) is 71.5 cm³/mol. The van der Waals surface area contributed by atoms with Gasteiger partial charge in [0.05, 0.1) is 0 Å². The minimum absolute atomic E-state index is 0.225. The molecule has 0 radical (unpaired) electrons. The quantitative estimate of drug-likeness (QED) is 0.765. The summed E-state index contributed by atoms with van der Waals surface area (Å²) < 4.78 is 0. The van der Waals surface area contributed by atoms with Crippen molar-refractivity contribution in [3.05, 3.63) is 0 Å². The van der Waals surface area contributed by atoms with E-state index in [9.17, 15) is 9.59 Å². The zero-order valence-electron chi connectivity index (χ0n) is 11.4. The molecule has 3 aliphatic rings. The summed E-state index contributed by atoms with van der Waals surface area (Å²) in [6.07, 6.45) is 4.31. The fourth-order valence-corrected chi connectivity index (χ4v) is 2.61. The van der Waals surface area contributed by atoms with Gasteiger partial charge in [-0.2, -0.15) is 0 Å². The molecular weight excluding hydrogens is 242 g/mol. The molecule has 3 rings (SSSR count). The standard InChI is InChI=1S/C14H23N3O2/c18-13(11-1-2-11)15-5-6-16-7-9-17(10-8-16)14(19)12-3-4-12/h11-12H,1-10H2,(H,15,18). The lowest BCUT2D eigenvalue weighted by molar-refractivity contribution is -0.134. The molecule has 1 saturated heterocycles. The first-order chi connectivity index (χ1) is 9.24. The van der Waals surface area contributed by atoms with Gasteiger partial charge in [-0.3, -0.25) is 14.5 Å². The van der Waals surface area contributed by atoms with E-state index in [2.05, 4.69) is 10.2 Å². The molecule has 2 saturated carbocycles. The molecule has 0 bridgehead atoms. The average molecular weight is 265 g/mol. The van der Waals surface area contributed by atoms with Crippen molar-refractivity contribution in [3.8, 4) is 0 Å². The van der Waals surface area contributed by atoms with E-state index in [0.717, 1.165) is 65.0 Å². The molecule has 0 aromatic carbocycles. The lowest BCUT2D eigenvalue weighted by Gasteiger charge is -2.34. The number of amides is 2. The molecule has 0 aromatic heterocycles. The molecule has 5 nitrogen and oxygen atoms in total. The first-order valence-electron chi connectivity index (χ1n) is 7.53. The summed E-state index contributed by atoms with van der Waals surface area (Å²) in [5, 5.41) is 2.99. The first kappa shape index (κ1) is 12.9. The molecule has 1 N–H and O–H groups in total. The highest BCUT2D eigenvalue weighted by atomic mass is 16.2. The highest BCUT2D eigenvalue weighted by molar-refractivity contribution is 5.81. The number of piperazine rings is 1. The summed E-state index contributed by atoms with van der Waals surface area (Å²) in [6, 6.07) is 0. The Morgan fingerprint density at radius 2 is 1.58 bits per heavy atom. The summed E-state index contributed by atoms with van der Waals surface area (Å²) in [5.41, 5.74) is 0. The smallest absolute Gasteiger partial charge is 0.225 e. The largest absolute Gasteiger partial charge is 0.355 e. The van der Waals surface area contributed by atoms with Crippen LogP contribution in [0.5, 0.6) is 0 Å². The van der Waals surface area contributed by atoms with E-state index in [1.54, 1.807) is 0 Å². The van der Waals surface area contributed by atoms with Crippen molar-refractivity contribution in [1.29, 1.82) is 0 Å². The van der Waals surface area contributed by atoms with Gasteiger partial charge in [0.15, 0.2) is 0 Å². The zero-order chi connectivity index (χ0) is 13.2. The van der Waals surface area contributed by atoms with Crippen LogP contribution in [-0.4, -0.2) is 60.9 Å². The molecule has 2 amide bonds. The van der Waals surface area contributed by atoms with Crippen molar-refractivity contribution in [1.82, 2.24) is 15.1 Å². The highest BCUT2D eigenvalue weighted by Crippen LogP contribution is 2.31. The van der Waals surface area contributed by atoms with Gasteiger partial charge in [-0.15, -0.1) is 0 Å². The minimum Gasteiger partial charge on any atom is -0.355 e.